The van der Waals surface area contributed by atoms with E-state index in [1.54, 1.807) is 21.3 Å². The number of ether oxygens (including phenoxy) is 2. The zero-order chi connectivity index (χ0) is 18.9. The molecule has 1 fully saturated rings. The van der Waals surface area contributed by atoms with Gasteiger partial charge in [0.05, 0.1) is 14.2 Å². The van der Waals surface area contributed by atoms with Gasteiger partial charge >= 0.3 is 0 Å². The monoisotopic (exact) mass is 490 g/mol. The number of hydrogen-bond donors (Lipinski definition) is 2. The fourth-order valence-corrected chi connectivity index (χ4v) is 3.08. The number of rotatable bonds is 7. The predicted octanol–water partition coefficient (Wildman–Crippen LogP) is 2.04. The summed E-state index contributed by atoms with van der Waals surface area (Å²) in [5.74, 6) is 2.44. The maximum absolute atomic E-state index is 11.8. The molecule has 1 saturated heterocycles. The highest BCUT2D eigenvalue weighted by Gasteiger charge is 2.25. The van der Waals surface area contributed by atoms with Crippen LogP contribution in [0.3, 0.4) is 0 Å². The zero-order valence-electron chi connectivity index (χ0n) is 16.6. The molecular formula is C19H31IN4O3. The summed E-state index contributed by atoms with van der Waals surface area (Å²) in [6, 6.07) is 6.18. The van der Waals surface area contributed by atoms with Crippen LogP contribution in [-0.4, -0.2) is 63.7 Å². The number of hydrogen-bond acceptors (Lipinski definition) is 4. The number of nitrogens with one attached hydrogen (secondary N) is 2. The zero-order valence-corrected chi connectivity index (χ0v) is 18.9. The van der Waals surface area contributed by atoms with Crippen molar-refractivity contribution in [1.29, 1.82) is 0 Å². The van der Waals surface area contributed by atoms with Crippen LogP contribution < -0.4 is 20.1 Å². The Kier molecular flexibility index (Phi) is 10.3. The van der Waals surface area contributed by atoms with Gasteiger partial charge in [-0.05, 0) is 30.5 Å². The first-order valence-electron chi connectivity index (χ1n) is 9.07. The lowest BCUT2D eigenvalue weighted by Crippen LogP contribution is -2.45. The van der Waals surface area contributed by atoms with Crippen LogP contribution in [0.25, 0.3) is 0 Å². The lowest BCUT2D eigenvalue weighted by molar-refractivity contribution is -0.129. The number of halogens is 1. The van der Waals surface area contributed by atoms with Gasteiger partial charge in [0.2, 0.25) is 5.91 Å². The summed E-state index contributed by atoms with van der Waals surface area (Å²) in [7, 11) is 5.03. The number of benzene rings is 1. The average Bonchev–Trinajstić information content (AvgIpc) is 3.14. The summed E-state index contributed by atoms with van der Waals surface area (Å²) in [5.41, 5.74) is 1.16. The van der Waals surface area contributed by atoms with Crippen molar-refractivity contribution in [1.82, 2.24) is 15.5 Å². The van der Waals surface area contributed by atoms with Crippen LogP contribution in [0.1, 0.15) is 25.3 Å². The average molecular weight is 490 g/mol. The van der Waals surface area contributed by atoms with Gasteiger partial charge in [-0.1, -0.05) is 13.0 Å². The maximum Gasteiger partial charge on any atom is 0.222 e. The van der Waals surface area contributed by atoms with E-state index < -0.39 is 0 Å². The fourth-order valence-electron chi connectivity index (χ4n) is 3.08. The topological polar surface area (TPSA) is 75.2 Å². The molecule has 0 aromatic heterocycles. The molecule has 1 unspecified atom stereocenters. The van der Waals surface area contributed by atoms with Crippen LogP contribution in [0.5, 0.6) is 11.5 Å². The Balaban J connectivity index is 0.00000364. The van der Waals surface area contributed by atoms with Crippen LogP contribution in [0.2, 0.25) is 0 Å². The standard InChI is InChI=1S/C19H30N4O3.HI/c1-5-18(24)23-11-9-15(13-23)22-19(20-2)21-10-8-14-6-7-16(25-3)17(12-14)26-4;/h6-7,12,15H,5,8-11,13H2,1-4H3,(H2,20,21,22);1H. The van der Waals surface area contributed by atoms with Crippen LogP contribution in [0, 0.1) is 0 Å². The molecule has 2 rings (SSSR count). The van der Waals surface area contributed by atoms with E-state index in [0.717, 1.165) is 55.5 Å². The fraction of sp³-hybridized carbons (Fsp3) is 0.579. The summed E-state index contributed by atoms with van der Waals surface area (Å²) >= 11 is 0. The van der Waals surface area contributed by atoms with Gasteiger partial charge in [0.1, 0.15) is 0 Å². The lowest BCUT2D eigenvalue weighted by Gasteiger charge is -2.19. The molecule has 27 heavy (non-hydrogen) atoms. The van der Waals surface area contributed by atoms with E-state index in [-0.39, 0.29) is 35.9 Å². The molecule has 0 aliphatic carbocycles. The van der Waals surface area contributed by atoms with Crippen molar-refractivity contribution >= 4 is 35.8 Å². The van der Waals surface area contributed by atoms with Crippen molar-refractivity contribution in [2.75, 3.05) is 40.9 Å². The predicted molar refractivity (Wildman–Crippen MR) is 118 cm³/mol. The number of carbonyl (C=O) groups is 1. The molecule has 1 amide bonds. The maximum atomic E-state index is 11.8. The van der Waals surface area contributed by atoms with Gasteiger partial charge in [0.25, 0.3) is 0 Å². The number of guanidine groups is 1. The molecule has 1 aliphatic rings. The normalized spacial score (nSPS) is 16.5. The summed E-state index contributed by atoms with van der Waals surface area (Å²) in [4.78, 5) is 18.0. The molecule has 1 heterocycles. The Morgan fingerprint density at radius 2 is 2.04 bits per heavy atom. The highest BCUT2D eigenvalue weighted by atomic mass is 127. The number of methoxy groups -OCH3 is 2. The van der Waals surface area contributed by atoms with E-state index >= 15 is 0 Å². The summed E-state index contributed by atoms with van der Waals surface area (Å²) in [6.45, 7) is 4.20. The second kappa shape index (κ2) is 11.9. The second-order valence-corrected chi connectivity index (χ2v) is 6.26. The molecule has 1 aliphatic heterocycles. The first-order chi connectivity index (χ1) is 12.6. The van der Waals surface area contributed by atoms with Crippen molar-refractivity contribution in [3.05, 3.63) is 23.8 Å². The highest BCUT2D eigenvalue weighted by Crippen LogP contribution is 2.27. The number of amides is 1. The summed E-state index contributed by atoms with van der Waals surface area (Å²) in [5, 5.41) is 6.73. The molecule has 8 heteroatoms. The number of likely N-dealkylation sites (tertiary alicyclic amines) is 1. The SMILES string of the molecule is CCC(=O)N1CCC(NC(=NC)NCCc2ccc(OC)c(OC)c2)C1.I. The van der Waals surface area contributed by atoms with E-state index in [1.165, 1.54) is 0 Å². The van der Waals surface area contributed by atoms with Gasteiger partial charge in [0.15, 0.2) is 17.5 Å². The van der Waals surface area contributed by atoms with E-state index in [0.29, 0.717) is 6.42 Å². The molecular weight excluding hydrogens is 459 g/mol. The molecule has 1 aromatic carbocycles. The van der Waals surface area contributed by atoms with Gasteiger partial charge in [-0.25, -0.2) is 0 Å². The summed E-state index contributed by atoms with van der Waals surface area (Å²) in [6.07, 6.45) is 2.35. The third kappa shape index (κ3) is 6.75. The molecule has 0 bridgehead atoms. The van der Waals surface area contributed by atoms with Gasteiger partial charge in [-0.15, -0.1) is 24.0 Å². The molecule has 2 N–H and O–H groups in total. The Morgan fingerprint density at radius 1 is 1.30 bits per heavy atom. The van der Waals surface area contributed by atoms with Crippen molar-refractivity contribution in [2.45, 2.75) is 32.2 Å². The van der Waals surface area contributed by atoms with E-state index in [4.69, 9.17) is 9.47 Å². The Hall–Kier alpha value is -1.71. The minimum atomic E-state index is 0. The third-order valence-electron chi connectivity index (χ3n) is 4.56. The van der Waals surface area contributed by atoms with Gasteiger partial charge in [-0.3, -0.25) is 9.79 Å². The van der Waals surface area contributed by atoms with Crippen molar-refractivity contribution in [3.8, 4) is 11.5 Å². The Morgan fingerprint density at radius 3 is 2.67 bits per heavy atom. The van der Waals surface area contributed by atoms with Crippen LogP contribution in [0.4, 0.5) is 0 Å². The molecule has 152 valence electrons. The smallest absolute Gasteiger partial charge is 0.222 e. The molecule has 1 atom stereocenters. The molecule has 1 aromatic rings. The first kappa shape index (κ1) is 23.3. The minimum absolute atomic E-state index is 0. The number of nitrogens with zero attached hydrogens (tertiary/aromatic N) is 2. The number of aliphatic imine (C=N–C) groups is 1. The van der Waals surface area contributed by atoms with E-state index in [9.17, 15) is 4.79 Å². The Labute approximate surface area is 178 Å². The van der Waals surface area contributed by atoms with Crippen molar-refractivity contribution < 1.29 is 14.3 Å². The first-order valence-corrected chi connectivity index (χ1v) is 9.07. The Bertz CT molecular complexity index is 639. The van der Waals surface area contributed by atoms with Crippen LogP contribution in [0.15, 0.2) is 23.2 Å². The molecule has 0 radical (unpaired) electrons. The van der Waals surface area contributed by atoms with E-state index in [1.807, 2.05) is 30.0 Å². The largest absolute Gasteiger partial charge is 0.493 e. The second-order valence-electron chi connectivity index (χ2n) is 6.26. The molecule has 0 saturated carbocycles. The van der Waals surface area contributed by atoms with Crippen molar-refractivity contribution in [2.24, 2.45) is 4.99 Å². The van der Waals surface area contributed by atoms with Gasteiger partial charge < -0.3 is 25.0 Å². The van der Waals surface area contributed by atoms with Gasteiger partial charge in [-0.2, -0.15) is 0 Å². The molecule has 7 nitrogen and oxygen atoms in total. The quantitative estimate of drug-likeness (QED) is 0.348. The van der Waals surface area contributed by atoms with Crippen LogP contribution in [-0.2, 0) is 11.2 Å². The summed E-state index contributed by atoms with van der Waals surface area (Å²) < 4.78 is 10.6. The third-order valence-corrected chi connectivity index (χ3v) is 4.56. The lowest BCUT2D eigenvalue weighted by atomic mass is 10.1. The number of carbonyl (C=O) groups excluding carboxylic acids is 1. The molecule has 0 spiro atoms. The minimum Gasteiger partial charge on any atom is -0.493 e. The van der Waals surface area contributed by atoms with Gasteiger partial charge in [0, 0.05) is 39.1 Å². The van der Waals surface area contributed by atoms with E-state index in [2.05, 4.69) is 15.6 Å². The highest BCUT2D eigenvalue weighted by molar-refractivity contribution is 14.0. The van der Waals surface area contributed by atoms with Crippen molar-refractivity contribution in [3.63, 3.8) is 0 Å². The van der Waals surface area contributed by atoms with Crippen LogP contribution >= 0.6 is 24.0 Å².